The first-order chi connectivity index (χ1) is 5.24. The van der Waals surface area contributed by atoms with Crippen LogP contribution in [0, 0.1) is 0 Å². The van der Waals surface area contributed by atoms with Crippen molar-refractivity contribution in [2.75, 3.05) is 20.2 Å². The van der Waals surface area contributed by atoms with Crippen molar-refractivity contribution in [1.29, 1.82) is 0 Å². The molecule has 0 unspecified atom stereocenters. The summed E-state index contributed by atoms with van der Waals surface area (Å²) in [5, 5.41) is 16.9. The summed E-state index contributed by atoms with van der Waals surface area (Å²) in [6.45, 7) is 2.31. The van der Waals surface area contributed by atoms with Gasteiger partial charge in [-0.25, -0.2) is 9.69 Å². The van der Waals surface area contributed by atoms with Gasteiger partial charge in [0.05, 0.1) is 0 Å². The van der Waals surface area contributed by atoms with Crippen LogP contribution in [-0.2, 0) is 9.53 Å². The number of hydrogen-bond acceptors (Lipinski definition) is 5. The molecule has 0 rings (SSSR count). The van der Waals surface area contributed by atoms with Crippen molar-refractivity contribution in [2.45, 2.75) is 0 Å². The van der Waals surface area contributed by atoms with Crippen LogP contribution in [0.4, 0.5) is 0 Å². The predicted octanol–water partition coefficient (Wildman–Crippen LogP) is -1.13. The number of ether oxygens (including phenoxy) is 1. The van der Waals surface area contributed by atoms with E-state index in [0.29, 0.717) is 0 Å². The number of aliphatic hydroxyl groups is 2. The molecule has 0 amide bonds. The van der Waals surface area contributed by atoms with Gasteiger partial charge in [0.1, 0.15) is 20.2 Å². The van der Waals surface area contributed by atoms with Crippen molar-refractivity contribution in [2.24, 2.45) is 0 Å². The minimum absolute atomic E-state index is 0.141. The van der Waals surface area contributed by atoms with Gasteiger partial charge in [0.15, 0.2) is 0 Å². The summed E-state index contributed by atoms with van der Waals surface area (Å²) in [4.78, 5) is 11.5. The molecule has 0 atom stereocenters. The number of hydrogen-bond donors (Lipinski definition) is 2. The smallest absolute Gasteiger partial charge is 0.331 e. The summed E-state index contributed by atoms with van der Waals surface area (Å²) < 4.78 is 4.48. The molecule has 0 aromatic rings. The molecule has 5 nitrogen and oxygen atoms in total. The lowest BCUT2D eigenvalue weighted by molar-refractivity contribution is -0.146. The van der Waals surface area contributed by atoms with Crippen LogP contribution in [-0.4, -0.2) is 41.3 Å². The number of esters is 1. The molecule has 0 aromatic carbocycles. The van der Waals surface area contributed by atoms with Crippen molar-refractivity contribution >= 4 is 5.97 Å². The minimum Gasteiger partial charge on any atom is -0.446 e. The highest BCUT2D eigenvalue weighted by Crippen LogP contribution is 1.85. The number of nitrogens with zero attached hydrogens (tertiary/aromatic N) is 1. The summed E-state index contributed by atoms with van der Waals surface area (Å²) in [7, 11) is 0. The molecule has 2 N–H and O–H groups in total. The van der Waals surface area contributed by atoms with Crippen LogP contribution < -0.4 is 0 Å². The topological polar surface area (TPSA) is 70.0 Å². The van der Waals surface area contributed by atoms with Crippen LogP contribution in [0.3, 0.4) is 0 Å². The second-order valence-corrected chi connectivity index (χ2v) is 1.75. The number of carbonyl (C=O) groups is 1. The Bertz CT molecular complexity index is 133. The zero-order valence-corrected chi connectivity index (χ0v) is 6.06. The highest BCUT2D eigenvalue weighted by molar-refractivity contribution is 5.81. The Morgan fingerprint density at radius 2 is 2.09 bits per heavy atom. The third kappa shape index (κ3) is 4.49. The zero-order chi connectivity index (χ0) is 8.69. The van der Waals surface area contributed by atoms with Gasteiger partial charge in [-0.1, -0.05) is 6.58 Å². The first-order valence-electron chi connectivity index (χ1n) is 2.97. The van der Waals surface area contributed by atoms with Crippen LogP contribution in [0.5, 0.6) is 0 Å². The van der Waals surface area contributed by atoms with Gasteiger partial charge in [0.25, 0.3) is 0 Å². The molecule has 0 aliphatic carbocycles. The van der Waals surface area contributed by atoms with Crippen molar-refractivity contribution in [3.8, 4) is 0 Å². The largest absolute Gasteiger partial charge is 0.446 e. The maximum Gasteiger partial charge on any atom is 0.331 e. The van der Waals surface area contributed by atoms with Crippen LogP contribution in [0.25, 0.3) is 0 Å². The molecule has 0 fully saturated rings. The SMILES string of the molecule is C=CC(=O)OCN(CO)CO. The van der Waals surface area contributed by atoms with Gasteiger partial charge in [-0.15, -0.1) is 0 Å². The predicted molar refractivity (Wildman–Crippen MR) is 37.2 cm³/mol. The lowest BCUT2D eigenvalue weighted by Crippen LogP contribution is -2.29. The quantitative estimate of drug-likeness (QED) is 0.303. The maximum absolute atomic E-state index is 10.4. The molecule has 5 heteroatoms. The molecule has 64 valence electrons. The average molecular weight is 161 g/mol. The molecular weight excluding hydrogens is 150 g/mol. The Labute approximate surface area is 64.5 Å². The van der Waals surface area contributed by atoms with Crippen molar-refractivity contribution in [3.63, 3.8) is 0 Å². The summed E-state index contributed by atoms with van der Waals surface area (Å²) in [5.41, 5.74) is 0. The molecule has 0 aliphatic rings. The first-order valence-corrected chi connectivity index (χ1v) is 2.97. The molecule has 0 aliphatic heterocycles. The molecule has 0 saturated carbocycles. The van der Waals surface area contributed by atoms with Crippen molar-refractivity contribution < 1.29 is 19.7 Å². The average Bonchev–Trinajstić information content (AvgIpc) is 2.06. The van der Waals surface area contributed by atoms with E-state index >= 15 is 0 Å². The normalized spacial score (nSPS) is 9.73. The van der Waals surface area contributed by atoms with E-state index < -0.39 is 5.97 Å². The van der Waals surface area contributed by atoms with Crippen molar-refractivity contribution in [1.82, 2.24) is 4.90 Å². The summed E-state index contributed by atoms with van der Waals surface area (Å²) in [5.74, 6) is -0.586. The van der Waals surface area contributed by atoms with Gasteiger partial charge in [0, 0.05) is 6.08 Å². The minimum atomic E-state index is -0.586. The van der Waals surface area contributed by atoms with Crippen LogP contribution >= 0.6 is 0 Å². The van der Waals surface area contributed by atoms with Gasteiger partial charge >= 0.3 is 5.97 Å². The molecule has 0 spiro atoms. The summed E-state index contributed by atoms with van der Waals surface area (Å²) in [6.07, 6.45) is 1.01. The van der Waals surface area contributed by atoms with E-state index in [9.17, 15) is 4.79 Å². The lowest BCUT2D eigenvalue weighted by Gasteiger charge is -2.14. The van der Waals surface area contributed by atoms with Gasteiger partial charge in [-0.05, 0) is 0 Å². The summed E-state index contributed by atoms with van der Waals surface area (Å²) >= 11 is 0. The van der Waals surface area contributed by atoms with Gasteiger partial charge in [0.2, 0.25) is 0 Å². The standard InChI is InChI=1S/C6H11NO4/c1-2-6(10)11-5-7(3-8)4-9/h2,8-9H,1,3-5H2. The van der Waals surface area contributed by atoms with Crippen molar-refractivity contribution in [3.05, 3.63) is 12.7 Å². The summed E-state index contributed by atoms with van der Waals surface area (Å²) in [6, 6.07) is 0. The highest BCUT2D eigenvalue weighted by Gasteiger charge is 2.02. The number of rotatable bonds is 5. The zero-order valence-electron chi connectivity index (χ0n) is 6.06. The number of aliphatic hydroxyl groups excluding tert-OH is 2. The second-order valence-electron chi connectivity index (χ2n) is 1.75. The monoisotopic (exact) mass is 161 g/mol. The third-order valence-corrected chi connectivity index (χ3v) is 0.956. The molecule has 0 heterocycles. The van der Waals surface area contributed by atoms with Crippen LogP contribution in [0.15, 0.2) is 12.7 Å². The fourth-order valence-electron chi connectivity index (χ4n) is 0.340. The van der Waals surface area contributed by atoms with E-state index in [1.54, 1.807) is 0 Å². The van der Waals surface area contributed by atoms with Crippen LogP contribution in [0.1, 0.15) is 0 Å². The molecule has 0 aromatic heterocycles. The molecule has 0 saturated heterocycles. The highest BCUT2D eigenvalue weighted by atomic mass is 16.5. The van der Waals surface area contributed by atoms with E-state index in [1.165, 1.54) is 0 Å². The molecule has 0 bridgehead atoms. The van der Waals surface area contributed by atoms with E-state index in [0.717, 1.165) is 11.0 Å². The molecule has 11 heavy (non-hydrogen) atoms. The molecular formula is C6H11NO4. The molecule has 0 radical (unpaired) electrons. The van der Waals surface area contributed by atoms with E-state index in [4.69, 9.17) is 10.2 Å². The Balaban J connectivity index is 3.49. The fraction of sp³-hybridized carbons (Fsp3) is 0.500. The Morgan fingerprint density at radius 1 is 1.55 bits per heavy atom. The maximum atomic E-state index is 10.4. The Kier molecular flexibility index (Phi) is 5.36. The first kappa shape index (κ1) is 10.1. The Hall–Kier alpha value is -0.910. The lowest BCUT2D eigenvalue weighted by atomic mass is 10.7. The second kappa shape index (κ2) is 5.84. The Morgan fingerprint density at radius 3 is 2.45 bits per heavy atom. The van der Waals surface area contributed by atoms with E-state index in [-0.39, 0.29) is 20.2 Å². The van der Waals surface area contributed by atoms with Gasteiger partial charge in [-0.2, -0.15) is 0 Å². The number of carbonyl (C=O) groups excluding carboxylic acids is 1. The fourth-order valence-corrected chi connectivity index (χ4v) is 0.340. The van der Waals surface area contributed by atoms with E-state index in [1.807, 2.05) is 0 Å². The van der Waals surface area contributed by atoms with Gasteiger partial charge in [-0.3, -0.25) is 0 Å². The third-order valence-electron chi connectivity index (χ3n) is 0.956. The van der Waals surface area contributed by atoms with Gasteiger partial charge < -0.3 is 14.9 Å². The van der Waals surface area contributed by atoms with E-state index in [2.05, 4.69) is 11.3 Å². The van der Waals surface area contributed by atoms with Crippen LogP contribution in [0.2, 0.25) is 0 Å².